The highest BCUT2D eigenvalue weighted by Gasteiger charge is 2.26. The average molecular weight is 485 g/mol. The fourth-order valence-corrected chi connectivity index (χ4v) is 3.55. The number of aromatic nitrogens is 2. The van der Waals surface area contributed by atoms with Gasteiger partial charge in [0, 0.05) is 13.1 Å². The average Bonchev–Trinajstić information content (AvgIpc) is 2.70. The lowest BCUT2D eigenvalue weighted by Crippen LogP contribution is -2.40. The van der Waals surface area contributed by atoms with Gasteiger partial charge in [-0.25, -0.2) is 4.79 Å². The van der Waals surface area contributed by atoms with Crippen LogP contribution in [0.25, 0.3) is 0 Å². The maximum atomic E-state index is 12.8. The zero-order valence-corrected chi connectivity index (χ0v) is 19.6. The lowest BCUT2D eigenvalue weighted by Gasteiger charge is -2.28. The Morgan fingerprint density at radius 3 is 2.32 bits per heavy atom. The van der Waals surface area contributed by atoms with E-state index in [4.69, 9.17) is 10.5 Å². The number of aromatic amines is 1. The number of nitrogens with two attached hydrogens (primary N) is 1. The molecule has 0 radical (unpaired) electrons. The molecule has 11 nitrogen and oxygen atoms in total. The molecule has 2 rings (SSSR count). The molecule has 0 bridgehead atoms. The van der Waals surface area contributed by atoms with Crippen LogP contribution in [-0.4, -0.2) is 34.7 Å². The summed E-state index contributed by atoms with van der Waals surface area (Å²) in [6, 6.07) is 2.05. The number of ether oxygens (including phenoxy) is 2. The number of nitro groups is 1. The van der Waals surface area contributed by atoms with Gasteiger partial charge in [-0.3, -0.25) is 24.5 Å². The predicted molar refractivity (Wildman–Crippen MR) is 123 cm³/mol. The summed E-state index contributed by atoms with van der Waals surface area (Å²) < 4.78 is 36.2. The van der Waals surface area contributed by atoms with Crippen molar-refractivity contribution in [2.45, 2.75) is 47.4 Å². The maximum Gasteiger partial charge on any atom is 0.387 e. The summed E-state index contributed by atoms with van der Waals surface area (Å²) in [4.78, 5) is 39.9. The first-order chi connectivity index (χ1) is 15.8. The minimum Gasteiger partial charge on any atom is -0.493 e. The Morgan fingerprint density at radius 1 is 1.18 bits per heavy atom. The third-order valence-corrected chi connectivity index (χ3v) is 4.80. The van der Waals surface area contributed by atoms with Crippen molar-refractivity contribution in [1.82, 2.24) is 9.55 Å². The number of halogens is 2. The summed E-state index contributed by atoms with van der Waals surface area (Å²) in [7, 11) is 1.21. The first-order valence-electron chi connectivity index (χ1n) is 10.5. The largest absolute Gasteiger partial charge is 0.493 e. The molecule has 1 aromatic carbocycles. The molecule has 188 valence electrons. The van der Waals surface area contributed by atoms with Gasteiger partial charge in [0.25, 0.3) is 11.2 Å². The Morgan fingerprint density at radius 2 is 1.82 bits per heavy atom. The Hall–Kier alpha value is -3.64. The quantitative estimate of drug-likeness (QED) is 0.365. The van der Waals surface area contributed by atoms with E-state index in [-0.39, 0.29) is 54.3 Å². The van der Waals surface area contributed by atoms with E-state index in [1.54, 1.807) is 0 Å². The molecular weight excluding hydrogens is 456 g/mol. The number of nitrogens with zero attached hydrogens (tertiary/aromatic N) is 3. The van der Waals surface area contributed by atoms with E-state index in [0.717, 1.165) is 6.07 Å². The van der Waals surface area contributed by atoms with Gasteiger partial charge >= 0.3 is 12.3 Å². The zero-order valence-electron chi connectivity index (χ0n) is 19.6. The molecule has 1 aromatic heterocycles. The van der Waals surface area contributed by atoms with E-state index < -0.39 is 34.2 Å². The van der Waals surface area contributed by atoms with Crippen molar-refractivity contribution in [3.05, 3.63) is 48.6 Å². The van der Waals surface area contributed by atoms with Crippen molar-refractivity contribution in [1.29, 1.82) is 0 Å². The van der Waals surface area contributed by atoms with E-state index in [0.29, 0.717) is 0 Å². The first-order valence-corrected chi connectivity index (χ1v) is 10.5. The van der Waals surface area contributed by atoms with Gasteiger partial charge < -0.3 is 20.1 Å². The lowest BCUT2D eigenvalue weighted by atomic mass is 10.1. The molecule has 1 heterocycles. The first kappa shape index (κ1) is 26.6. The van der Waals surface area contributed by atoms with Gasteiger partial charge in [0.05, 0.1) is 30.2 Å². The second kappa shape index (κ2) is 11.0. The number of nitrogens with one attached hydrogen (secondary N) is 1. The van der Waals surface area contributed by atoms with Gasteiger partial charge in [-0.1, -0.05) is 27.7 Å². The molecule has 3 N–H and O–H groups in total. The van der Waals surface area contributed by atoms with Crippen LogP contribution in [0.2, 0.25) is 0 Å². The Balaban J connectivity index is 2.69. The molecule has 0 atom stereocenters. The number of rotatable bonds is 11. The lowest BCUT2D eigenvalue weighted by molar-refractivity contribution is -0.385. The van der Waals surface area contributed by atoms with Crippen molar-refractivity contribution in [3.8, 4) is 11.5 Å². The van der Waals surface area contributed by atoms with Gasteiger partial charge in [-0.2, -0.15) is 8.78 Å². The molecule has 0 aliphatic rings. The van der Waals surface area contributed by atoms with Crippen LogP contribution < -0.4 is 31.4 Å². The fourth-order valence-electron chi connectivity index (χ4n) is 3.55. The number of hydrogen-bond acceptors (Lipinski definition) is 8. The van der Waals surface area contributed by atoms with Gasteiger partial charge in [-0.15, -0.1) is 0 Å². The molecule has 0 fully saturated rings. The van der Waals surface area contributed by atoms with E-state index in [9.17, 15) is 28.5 Å². The number of hydrogen-bond donors (Lipinski definition) is 2. The van der Waals surface area contributed by atoms with Gasteiger partial charge in [0.15, 0.2) is 11.5 Å². The smallest absolute Gasteiger partial charge is 0.387 e. The van der Waals surface area contributed by atoms with Crippen LogP contribution in [0.3, 0.4) is 0 Å². The monoisotopic (exact) mass is 485 g/mol. The van der Waals surface area contributed by atoms with E-state index >= 15 is 0 Å². The fraction of sp³-hybridized carbons (Fsp3) is 0.524. The molecule has 0 unspecified atom stereocenters. The number of H-pyrrole nitrogens is 1. The minimum absolute atomic E-state index is 0.00771. The molecule has 2 aromatic rings. The summed E-state index contributed by atoms with van der Waals surface area (Å²) >= 11 is 0. The zero-order chi connectivity index (χ0) is 25.7. The van der Waals surface area contributed by atoms with E-state index in [1.807, 2.05) is 27.7 Å². The molecule has 0 spiro atoms. The van der Waals surface area contributed by atoms with Gasteiger partial charge in [0.1, 0.15) is 11.5 Å². The summed E-state index contributed by atoms with van der Waals surface area (Å²) in [5.74, 6) is -0.671. The summed E-state index contributed by atoms with van der Waals surface area (Å²) in [5.41, 5.74) is 4.39. The predicted octanol–water partition coefficient (Wildman–Crippen LogP) is 2.96. The summed E-state index contributed by atoms with van der Waals surface area (Å²) in [6.07, 6.45) is 0. The third-order valence-electron chi connectivity index (χ3n) is 4.80. The van der Waals surface area contributed by atoms with Crippen LogP contribution >= 0.6 is 0 Å². The standard InChI is InChI=1S/C21H29F2N5O6/c1-11(2)8-26(17-18(24)27(9-12(3)4)21(30)25-19(17)29)10-13-6-15(33-5)16(34-20(22)23)7-14(13)28(31)32/h6-7,11-12,20H,8-10,24H2,1-5H3,(H,25,29,30). The molecule has 0 saturated heterocycles. The van der Waals surface area contributed by atoms with Crippen LogP contribution in [0.1, 0.15) is 33.3 Å². The number of alkyl halides is 2. The number of methoxy groups -OCH3 is 1. The second-order valence-corrected chi connectivity index (χ2v) is 8.54. The third kappa shape index (κ3) is 6.23. The molecule has 0 aliphatic carbocycles. The van der Waals surface area contributed by atoms with Gasteiger partial charge in [-0.05, 0) is 17.9 Å². The highest BCUT2D eigenvalue weighted by molar-refractivity contribution is 5.64. The maximum absolute atomic E-state index is 12.8. The number of nitrogen functional groups attached to an aromatic ring is 1. The van der Waals surface area contributed by atoms with Crippen molar-refractivity contribution < 1.29 is 23.2 Å². The Labute approximate surface area is 194 Å². The molecular formula is C21H29F2N5O6. The Bertz CT molecular complexity index is 1150. The summed E-state index contributed by atoms with van der Waals surface area (Å²) in [5, 5.41) is 11.7. The minimum atomic E-state index is -3.21. The second-order valence-electron chi connectivity index (χ2n) is 8.54. The highest BCUT2D eigenvalue weighted by atomic mass is 19.3. The summed E-state index contributed by atoms with van der Waals surface area (Å²) in [6.45, 7) is 4.60. The number of benzene rings is 1. The van der Waals surface area contributed by atoms with E-state index in [2.05, 4.69) is 9.72 Å². The van der Waals surface area contributed by atoms with Crippen LogP contribution in [0.15, 0.2) is 21.7 Å². The van der Waals surface area contributed by atoms with Crippen molar-refractivity contribution in [2.24, 2.45) is 11.8 Å². The number of anilines is 2. The van der Waals surface area contributed by atoms with E-state index in [1.165, 1.54) is 22.6 Å². The van der Waals surface area contributed by atoms with Gasteiger partial charge in [0.2, 0.25) is 0 Å². The van der Waals surface area contributed by atoms with Crippen LogP contribution in [-0.2, 0) is 13.1 Å². The SMILES string of the molecule is COc1cc(CN(CC(C)C)c2c(N)n(CC(C)C)c(=O)[nH]c2=O)c([N+](=O)[O-])cc1OC(F)F. The highest BCUT2D eigenvalue weighted by Crippen LogP contribution is 2.37. The molecule has 0 aliphatic heterocycles. The molecule has 34 heavy (non-hydrogen) atoms. The van der Waals surface area contributed by atoms with Crippen LogP contribution in [0.4, 0.5) is 26.0 Å². The normalized spacial score (nSPS) is 11.4. The number of nitro benzene ring substituents is 1. The molecule has 13 heteroatoms. The van der Waals surface area contributed by atoms with Crippen molar-refractivity contribution >= 4 is 17.2 Å². The topological polar surface area (TPSA) is 146 Å². The van der Waals surface area contributed by atoms with Crippen LogP contribution in [0.5, 0.6) is 11.5 Å². The van der Waals surface area contributed by atoms with Crippen molar-refractivity contribution in [3.63, 3.8) is 0 Å². The van der Waals surface area contributed by atoms with Crippen LogP contribution in [0, 0.1) is 22.0 Å². The van der Waals surface area contributed by atoms with Crippen molar-refractivity contribution in [2.75, 3.05) is 24.3 Å². The Kier molecular flexibility index (Phi) is 8.60. The molecule has 0 amide bonds. The molecule has 0 saturated carbocycles.